The fourth-order valence-electron chi connectivity index (χ4n) is 3.79. The van der Waals surface area contributed by atoms with Gasteiger partial charge in [-0.3, -0.25) is 14.4 Å². The van der Waals surface area contributed by atoms with Crippen LogP contribution in [0.5, 0.6) is 0 Å². The van der Waals surface area contributed by atoms with E-state index < -0.39 is 51.1 Å². The zero-order chi connectivity index (χ0) is 17.2. The molecule has 3 N–H and O–H groups in total. The molecule has 3 aliphatic rings. The molecule has 5 atom stereocenters. The Morgan fingerprint density at radius 2 is 2.13 bits per heavy atom. The van der Waals surface area contributed by atoms with E-state index in [1.165, 1.54) is 6.08 Å². The van der Waals surface area contributed by atoms with Crippen molar-refractivity contribution in [3.63, 3.8) is 0 Å². The average molecular weight is 338 g/mol. The minimum atomic E-state index is -1.81. The van der Waals surface area contributed by atoms with E-state index in [2.05, 4.69) is 6.58 Å². The number of carboxylic acid groups (broad SMARTS) is 1. The van der Waals surface area contributed by atoms with Crippen LogP contribution in [-0.4, -0.2) is 55.7 Å². The molecule has 124 valence electrons. The highest BCUT2D eigenvalue weighted by Crippen LogP contribution is 2.60. The van der Waals surface area contributed by atoms with Gasteiger partial charge in [0.25, 0.3) is 0 Å². The Kier molecular flexibility index (Phi) is 3.46. The summed E-state index contributed by atoms with van der Waals surface area (Å²) in [5.41, 5.74) is 4.04. The quantitative estimate of drug-likeness (QED) is 0.411. The minimum absolute atomic E-state index is 0.110. The summed E-state index contributed by atoms with van der Waals surface area (Å²) in [7, 11) is 0. The van der Waals surface area contributed by atoms with Gasteiger partial charge < -0.3 is 15.7 Å². The number of β-lactam (4-membered cyclic amide) rings is 1. The standard InChI is InChI=1S/C15H18N2O5S/c1-3-14(2)9(11(20)21)17-12(22)15(13(17)23-14)8(18)6-4-5-7(16)10(15)19/h3,7,9,13H,1,4-6,16H2,2H3,(H,20,21)/t7?,9?,13-,14+,15-/m0/s1. The number of Topliss-reactive ketones (excluding diaryl/α,β-unsaturated/α-hetero) is 2. The maximum absolute atomic E-state index is 12.8. The fourth-order valence-corrected chi connectivity index (χ4v) is 5.56. The molecular weight excluding hydrogens is 320 g/mol. The van der Waals surface area contributed by atoms with Crippen molar-refractivity contribution in [2.24, 2.45) is 11.1 Å². The molecule has 8 heteroatoms. The average Bonchev–Trinajstić information content (AvgIpc) is 2.72. The first-order valence-corrected chi connectivity index (χ1v) is 8.30. The van der Waals surface area contributed by atoms with Crippen LogP contribution in [0.3, 0.4) is 0 Å². The van der Waals surface area contributed by atoms with Gasteiger partial charge in [-0.05, 0) is 19.8 Å². The zero-order valence-corrected chi connectivity index (χ0v) is 13.5. The molecule has 2 unspecified atom stereocenters. The van der Waals surface area contributed by atoms with Gasteiger partial charge in [0.2, 0.25) is 5.91 Å². The van der Waals surface area contributed by atoms with Crippen LogP contribution in [0, 0.1) is 5.41 Å². The first kappa shape index (κ1) is 16.2. The predicted molar refractivity (Wildman–Crippen MR) is 82.5 cm³/mol. The molecule has 0 aromatic rings. The van der Waals surface area contributed by atoms with E-state index in [4.69, 9.17) is 5.73 Å². The Hall–Kier alpha value is -1.67. The number of rotatable bonds is 2. The summed E-state index contributed by atoms with van der Waals surface area (Å²) in [5.74, 6) is -2.91. The minimum Gasteiger partial charge on any atom is -0.480 e. The molecule has 1 spiro atoms. The van der Waals surface area contributed by atoms with Crippen LogP contribution in [0.25, 0.3) is 0 Å². The van der Waals surface area contributed by atoms with Gasteiger partial charge in [0, 0.05) is 6.42 Å². The van der Waals surface area contributed by atoms with E-state index >= 15 is 0 Å². The van der Waals surface area contributed by atoms with Gasteiger partial charge in [0.1, 0.15) is 11.4 Å². The Bertz CT molecular complexity index is 650. The SMILES string of the molecule is C=C[C@@]1(C)S[C@@H]2N(C(=O)[C@@]23C(=O)CCCC(N)C3=O)C1C(=O)O. The Morgan fingerprint density at radius 3 is 2.70 bits per heavy atom. The molecule has 2 saturated heterocycles. The van der Waals surface area contributed by atoms with Gasteiger partial charge in [-0.25, -0.2) is 4.79 Å². The molecule has 2 heterocycles. The second kappa shape index (κ2) is 4.91. The number of amides is 1. The van der Waals surface area contributed by atoms with E-state index in [0.29, 0.717) is 12.8 Å². The number of carbonyl (C=O) groups excluding carboxylic acids is 3. The number of fused-ring (bicyclic) bond motifs is 2. The van der Waals surface area contributed by atoms with Crippen molar-refractivity contribution >= 4 is 35.2 Å². The number of hydrogen-bond donors (Lipinski definition) is 2. The largest absolute Gasteiger partial charge is 0.480 e. The van der Waals surface area contributed by atoms with Gasteiger partial charge in [0.05, 0.1) is 10.8 Å². The van der Waals surface area contributed by atoms with Gasteiger partial charge >= 0.3 is 5.97 Å². The molecule has 0 bridgehead atoms. The van der Waals surface area contributed by atoms with E-state index in [0.717, 1.165) is 16.7 Å². The highest BCUT2D eigenvalue weighted by molar-refractivity contribution is 8.02. The smallest absolute Gasteiger partial charge is 0.328 e. The third kappa shape index (κ3) is 1.76. The van der Waals surface area contributed by atoms with Crippen molar-refractivity contribution in [1.29, 1.82) is 0 Å². The summed E-state index contributed by atoms with van der Waals surface area (Å²) in [6.45, 7) is 5.30. The summed E-state index contributed by atoms with van der Waals surface area (Å²) in [5, 5.41) is 8.68. The van der Waals surface area contributed by atoms with E-state index in [1.807, 2.05) is 0 Å². The number of carboxylic acids is 1. The zero-order valence-electron chi connectivity index (χ0n) is 12.7. The maximum atomic E-state index is 12.8. The van der Waals surface area contributed by atoms with Crippen molar-refractivity contribution in [1.82, 2.24) is 4.90 Å². The predicted octanol–water partition coefficient (Wildman–Crippen LogP) is -0.0648. The number of nitrogens with zero attached hydrogens (tertiary/aromatic N) is 1. The van der Waals surface area contributed by atoms with Gasteiger partial charge in [-0.1, -0.05) is 6.08 Å². The number of carbonyl (C=O) groups is 4. The molecule has 1 amide bonds. The molecule has 23 heavy (non-hydrogen) atoms. The molecule has 7 nitrogen and oxygen atoms in total. The molecule has 0 radical (unpaired) electrons. The van der Waals surface area contributed by atoms with Crippen molar-refractivity contribution < 1.29 is 24.3 Å². The van der Waals surface area contributed by atoms with Crippen molar-refractivity contribution in [3.8, 4) is 0 Å². The topological polar surface area (TPSA) is 118 Å². The Labute approximate surface area is 137 Å². The summed E-state index contributed by atoms with van der Waals surface area (Å²) in [6.07, 6.45) is 2.39. The molecule has 0 aromatic heterocycles. The van der Waals surface area contributed by atoms with Crippen LogP contribution in [0.15, 0.2) is 12.7 Å². The molecule has 0 aromatic carbocycles. The van der Waals surface area contributed by atoms with E-state index in [1.54, 1.807) is 6.92 Å². The van der Waals surface area contributed by atoms with Gasteiger partial charge in [0.15, 0.2) is 17.0 Å². The van der Waals surface area contributed by atoms with Crippen LogP contribution in [0.1, 0.15) is 26.2 Å². The summed E-state index contributed by atoms with van der Waals surface area (Å²) < 4.78 is -0.966. The first-order chi connectivity index (χ1) is 10.7. The lowest BCUT2D eigenvalue weighted by Crippen LogP contribution is -2.76. The first-order valence-electron chi connectivity index (χ1n) is 7.42. The molecule has 2 aliphatic heterocycles. The van der Waals surface area contributed by atoms with Crippen LogP contribution in [-0.2, 0) is 19.2 Å². The molecule has 1 saturated carbocycles. The van der Waals surface area contributed by atoms with Gasteiger partial charge in [-0.15, -0.1) is 18.3 Å². The number of aliphatic carboxylic acids is 1. The summed E-state index contributed by atoms with van der Waals surface area (Å²) in [6, 6.07) is -2.01. The van der Waals surface area contributed by atoms with Crippen LogP contribution in [0.2, 0.25) is 0 Å². The van der Waals surface area contributed by atoms with Crippen molar-refractivity contribution in [2.45, 2.75) is 48.4 Å². The van der Waals surface area contributed by atoms with Crippen LogP contribution in [0.4, 0.5) is 0 Å². The lowest BCUT2D eigenvalue weighted by Gasteiger charge is -2.50. The number of hydrogen-bond acceptors (Lipinski definition) is 6. The maximum Gasteiger partial charge on any atom is 0.328 e. The molecule has 3 fully saturated rings. The molecule has 3 rings (SSSR count). The van der Waals surface area contributed by atoms with E-state index in [9.17, 15) is 24.3 Å². The number of nitrogens with two attached hydrogens (primary N) is 1. The second-order valence-corrected chi connectivity index (χ2v) is 7.97. The van der Waals surface area contributed by atoms with E-state index in [-0.39, 0.29) is 6.42 Å². The van der Waals surface area contributed by atoms with Crippen LogP contribution < -0.4 is 5.73 Å². The van der Waals surface area contributed by atoms with Crippen LogP contribution >= 0.6 is 11.8 Å². The third-order valence-corrected chi connectivity index (χ3v) is 6.81. The Balaban J connectivity index is 2.10. The lowest BCUT2D eigenvalue weighted by atomic mass is 9.68. The monoisotopic (exact) mass is 338 g/mol. The Morgan fingerprint density at radius 1 is 1.48 bits per heavy atom. The summed E-state index contributed by atoms with van der Waals surface area (Å²) >= 11 is 1.14. The molecular formula is C15H18N2O5S. The van der Waals surface area contributed by atoms with Crippen molar-refractivity contribution in [2.75, 3.05) is 0 Å². The normalized spacial score (nSPS) is 43.1. The lowest BCUT2D eigenvalue weighted by molar-refractivity contribution is -0.180. The van der Waals surface area contributed by atoms with Gasteiger partial charge in [-0.2, -0.15) is 0 Å². The number of ketones is 2. The molecule has 1 aliphatic carbocycles. The highest BCUT2D eigenvalue weighted by atomic mass is 32.2. The second-order valence-electron chi connectivity index (χ2n) is 6.41. The number of thioether (sulfide) groups is 1. The third-order valence-electron chi connectivity index (χ3n) is 5.11. The highest BCUT2D eigenvalue weighted by Gasteiger charge is 2.77. The summed E-state index contributed by atoms with van der Waals surface area (Å²) in [4.78, 5) is 50.8. The van der Waals surface area contributed by atoms with Crippen molar-refractivity contribution in [3.05, 3.63) is 12.7 Å². The fraction of sp³-hybridized carbons (Fsp3) is 0.600.